The fourth-order valence-electron chi connectivity index (χ4n) is 5.39. The van der Waals surface area contributed by atoms with E-state index in [2.05, 4.69) is 15.6 Å². The van der Waals surface area contributed by atoms with Gasteiger partial charge in [-0.3, -0.25) is 9.59 Å². The van der Waals surface area contributed by atoms with Crippen molar-refractivity contribution < 1.29 is 27.8 Å². The molecule has 10 nitrogen and oxygen atoms in total. The van der Waals surface area contributed by atoms with Crippen LogP contribution in [-0.4, -0.2) is 102 Å². The van der Waals surface area contributed by atoms with E-state index < -0.39 is 11.6 Å². The topological polar surface area (TPSA) is 102 Å². The lowest BCUT2D eigenvalue weighted by molar-refractivity contribution is -0.140. The molecule has 4 rings (SSSR count). The average Bonchev–Trinajstić information content (AvgIpc) is 3.38. The standard InChI is InChI=1S/C28H40F2N6O4/c1-19(2)18-35(21-15-20(16-31-17-21)27(37)34-10-13-40-14-11-34)28(38)26-24(8-4-5-12-39-3)36(33-32-26)23-9-6-7-22(29)25(23)30/h6-7,9,19-21,31H,4-5,8,10-18H2,1-3H3/t20-,21+/m1/s1. The number of piperidine rings is 1. The monoisotopic (exact) mass is 562 g/mol. The van der Waals surface area contributed by atoms with Crippen LogP contribution in [0.5, 0.6) is 0 Å². The van der Waals surface area contributed by atoms with E-state index in [0.717, 1.165) is 6.07 Å². The lowest BCUT2D eigenvalue weighted by Crippen LogP contribution is -2.56. The first-order valence-electron chi connectivity index (χ1n) is 14.1. The Bertz CT molecular complexity index is 1150. The third-order valence-electron chi connectivity index (χ3n) is 7.40. The van der Waals surface area contributed by atoms with Crippen LogP contribution in [0, 0.1) is 23.5 Å². The number of halogens is 2. The molecule has 2 saturated heterocycles. The molecular weight excluding hydrogens is 522 g/mol. The van der Waals surface area contributed by atoms with E-state index in [1.807, 2.05) is 18.7 Å². The number of hydrogen-bond donors (Lipinski definition) is 1. The minimum absolute atomic E-state index is 0.0730. The zero-order valence-electron chi connectivity index (χ0n) is 23.6. The van der Waals surface area contributed by atoms with Crippen LogP contribution in [0.15, 0.2) is 18.2 Å². The Morgan fingerprint density at radius 2 is 1.98 bits per heavy atom. The molecule has 0 saturated carbocycles. The highest BCUT2D eigenvalue weighted by molar-refractivity contribution is 5.94. The molecule has 0 spiro atoms. The van der Waals surface area contributed by atoms with Crippen LogP contribution in [0.1, 0.15) is 49.3 Å². The van der Waals surface area contributed by atoms with Crippen molar-refractivity contribution in [1.29, 1.82) is 0 Å². The quantitative estimate of drug-likeness (QED) is 0.420. The maximum absolute atomic E-state index is 14.8. The predicted octanol–water partition coefficient (Wildman–Crippen LogP) is 2.45. The second kappa shape index (κ2) is 14.1. The van der Waals surface area contributed by atoms with Crippen molar-refractivity contribution in [3.05, 3.63) is 41.2 Å². The fraction of sp³-hybridized carbons (Fsp3) is 0.643. The lowest BCUT2D eigenvalue weighted by Gasteiger charge is -2.40. The SMILES string of the molecule is COCCCCc1c(C(=O)N(CC(C)C)[C@@H]2CNC[C@H](C(=O)N3CCOCC3)C2)nnn1-c1cccc(F)c1F. The minimum Gasteiger partial charge on any atom is -0.385 e. The smallest absolute Gasteiger partial charge is 0.276 e. The normalized spacial score (nSPS) is 19.7. The Labute approximate surface area is 234 Å². The first-order chi connectivity index (χ1) is 19.3. The number of hydrogen-bond acceptors (Lipinski definition) is 7. The van der Waals surface area contributed by atoms with Crippen molar-refractivity contribution >= 4 is 11.8 Å². The molecule has 2 amide bonds. The Hall–Kier alpha value is -2.96. The van der Waals surface area contributed by atoms with Crippen LogP contribution in [0.4, 0.5) is 8.78 Å². The van der Waals surface area contributed by atoms with E-state index in [-0.39, 0.29) is 41.1 Å². The predicted molar refractivity (Wildman–Crippen MR) is 144 cm³/mol. The Kier molecular flexibility index (Phi) is 10.6. The van der Waals surface area contributed by atoms with Crippen molar-refractivity contribution in [2.75, 3.05) is 59.7 Å². The van der Waals surface area contributed by atoms with Gasteiger partial charge in [-0.05, 0) is 43.7 Å². The number of morpholine rings is 1. The molecule has 0 bridgehead atoms. The molecule has 0 unspecified atom stereocenters. The molecule has 2 aliphatic heterocycles. The highest BCUT2D eigenvalue weighted by Crippen LogP contribution is 2.25. The highest BCUT2D eigenvalue weighted by Gasteiger charge is 2.37. The molecule has 0 radical (unpaired) electrons. The molecule has 0 aliphatic carbocycles. The summed E-state index contributed by atoms with van der Waals surface area (Å²) in [6.45, 7) is 8.33. The number of carbonyl (C=O) groups excluding carboxylic acids is 2. The summed E-state index contributed by atoms with van der Waals surface area (Å²) in [4.78, 5) is 31.0. The van der Waals surface area contributed by atoms with Gasteiger partial charge in [0.1, 0.15) is 5.69 Å². The van der Waals surface area contributed by atoms with Crippen molar-refractivity contribution in [2.24, 2.45) is 11.8 Å². The molecule has 1 aromatic carbocycles. The number of amides is 2. The van der Waals surface area contributed by atoms with Crippen LogP contribution >= 0.6 is 0 Å². The van der Waals surface area contributed by atoms with E-state index >= 15 is 0 Å². The number of nitrogens with zero attached hydrogens (tertiary/aromatic N) is 5. The van der Waals surface area contributed by atoms with E-state index in [4.69, 9.17) is 9.47 Å². The van der Waals surface area contributed by atoms with E-state index in [1.165, 1.54) is 16.8 Å². The van der Waals surface area contributed by atoms with Crippen molar-refractivity contribution in [2.45, 2.75) is 45.6 Å². The molecule has 3 heterocycles. The van der Waals surface area contributed by atoms with Crippen LogP contribution in [0.2, 0.25) is 0 Å². The van der Waals surface area contributed by atoms with Crippen LogP contribution in [0.25, 0.3) is 5.69 Å². The van der Waals surface area contributed by atoms with Crippen molar-refractivity contribution in [3.63, 3.8) is 0 Å². The van der Waals surface area contributed by atoms with E-state index in [1.54, 1.807) is 12.0 Å². The number of unbranched alkanes of at least 4 members (excludes halogenated alkanes) is 1. The van der Waals surface area contributed by atoms with Gasteiger partial charge in [0.2, 0.25) is 5.91 Å². The number of nitrogens with one attached hydrogen (secondary N) is 1. The van der Waals surface area contributed by atoms with Gasteiger partial charge in [-0.15, -0.1) is 5.10 Å². The number of aromatic nitrogens is 3. The molecule has 2 aromatic rings. The molecule has 2 aliphatic rings. The zero-order valence-corrected chi connectivity index (χ0v) is 23.6. The van der Waals surface area contributed by atoms with Gasteiger partial charge in [0.25, 0.3) is 5.91 Å². The summed E-state index contributed by atoms with van der Waals surface area (Å²) in [5.74, 6) is -2.42. The van der Waals surface area contributed by atoms with Gasteiger partial charge in [-0.2, -0.15) is 0 Å². The zero-order chi connectivity index (χ0) is 28.6. The van der Waals surface area contributed by atoms with Gasteiger partial charge in [-0.1, -0.05) is 25.1 Å². The Morgan fingerprint density at radius 1 is 1.20 bits per heavy atom. The second-order valence-electron chi connectivity index (χ2n) is 10.9. The van der Waals surface area contributed by atoms with E-state index in [9.17, 15) is 18.4 Å². The summed E-state index contributed by atoms with van der Waals surface area (Å²) in [7, 11) is 1.61. The van der Waals surface area contributed by atoms with Crippen LogP contribution in [-0.2, 0) is 20.7 Å². The largest absolute Gasteiger partial charge is 0.385 e. The summed E-state index contributed by atoms with van der Waals surface area (Å²) < 4.78 is 40.7. The second-order valence-corrected chi connectivity index (χ2v) is 10.9. The first-order valence-corrected chi connectivity index (χ1v) is 14.1. The van der Waals surface area contributed by atoms with Crippen molar-refractivity contribution in [3.8, 4) is 5.69 Å². The third-order valence-corrected chi connectivity index (χ3v) is 7.40. The van der Waals surface area contributed by atoms with Gasteiger partial charge in [0.05, 0.1) is 24.8 Å². The van der Waals surface area contributed by atoms with Gasteiger partial charge in [0, 0.05) is 52.5 Å². The van der Waals surface area contributed by atoms with Gasteiger partial charge in [0.15, 0.2) is 17.3 Å². The van der Waals surface area contributed by atoms with Gasteiger partial charge >= 0.3 is 0 Å². The third kappa shape index (κ3) is 7.02. The summed E-state index contributed by atoms with van der Waals surface area (Å²) >= 11 is 0. The highest BCUT2D eigenvalue weighted by atomic mass is 19.2. The minimum atomic E-state index is -1.05. The lowest BCUT2D eigenvalue weighted by atomic mass is 9.92. The summed E-state index contributed by atoms with van der Waals surface area (Å²) in [5.41, 5.74) is 0.437. The number of carbonyl (C=O) groups is 2. The summed E-state index contributed by atoms with van der Waals surface area (Å²) in [6, 6.07) is 3.61. The average molecular weight is 563 g/mol. The molecule has 220 valence electrons. The molecule has 1 N–H and O–H groups in total. The Morgan fingerprint density at radius 3 is 2.70 bits per heavy atom. The first kappa shape index (κ1) is 30.0. The Balaban J connectivity index is 1.62. The van der Waals surface area contributed by atoms with E-state index in [0.29, 0.717) is 83.9 Å². The number of ether oxygens (including phenoxy) is 2. The number of methoxy groups -OCH3 is 1. The fourth-order valence-corrected chi connectivity index (χ4v) is 5.39. The van der Waals surface area contributed by atoms with Crippen LogP contribution < -0.4 is 5.32 Å². The number of benzene rings is 1. The summed E-state index contributed by atoms with van der Waals surface area (Å²) in [6.07, 6.45) is 2.26. The van der Waals surface area contributed by atoms with Gasteiger partial charge in [-0.25, -0.2) is 13.5 Å². The number of rotatable bonds is 11. The molecule has 2 atom stereocenters. The molecule has 1 aromatic heterocycles. The molecular formula is C28H40F2N6O4. The van der Waals surface area contributed by atoms with Crippen LogP contribution in [0.3, 0.4) is 0 Å². The van der Waals surface area contributed by atoms with Gasteiger partial charge < -0.3 is 24.6 Å². The van der Waals surface area contributed by atoms with Crippen molar-refractivity contribution in [1.82, 2.24) is 30.1 Å². The molecule has 40 heavy (non-hydrogen) atoms. The maximum Gasteiger partial charge on any atom is 0.276 e. The molecule has 12 heteroatoms. The summed E-state index contributed by atoms with van der Waals surface area (Å²) in [5, 5.41) is 11.7. The maximum atomic E-state index is 14.8. The molecule has 2 fully saturated rings.